The van der Waals surface area contributed by atoms with Gasteiger partial charge in [0.05, 0.1) is 34.2 Å². The maximum Gasteiger partial charge on any atom is 0.265 e. The second-order valence-corrected chi connectivity index (χ2v) is 9.67. The number of thiophene rings is 1. The van der Waals surface area contributed by atoms with Gasteiger partial charge in [-0.3, -0.25) is 14.2 Å². The van der Waals surface area contributed by atoms with E-state index in [9.17, 15) is 4.79 Å². The zero-order valence-corrected chi connectivity index (χ0v) is 21.6. The van der Waals surface area contributed by atoms with Gasteiger partial charge in [-0.1, -0.05) is 18.2 Å². The lowest BCUT2D eigenvalue weighted by Crippen LogP contribution is -2.12. The summed E-state index contributed by atoms with van der Waals surface area (Å²) >= 11 is 1.42. The fourth-order valence-electron chi connectivity index (χ4n) is 4.16. The summed E-state index contributed by atoms with van der Waals surface area (Å²) in [6.07, 6.45) is 0. The first-order chi connectivity index (χ1) is 16.2. The van der Waals surface area contributed by atoms with E-state index >= 15 is 0 Å². The van der Waals surface area contributed by atoms with Gasteiger partial charge in [-0.05, 0) is 64.1 Å². The molecule has 0 aliphatic carbocycles. The van der Waals surface area contributed by atoms with Crippen LogP contribution >= 0.6 is 11.3 Å². The van der Waals surface area contributed by atoms with Crippen LogP contribution in [0, 0.1) is 41.5 Å². The average Bonchev–Trinajstić information content (AvgIpc) is 3.43. The van der Waals surface area contributed by atoms with Gasteiger partial charge in [0.15, 0.2) is 0 Å². The number of para-hydroxylation sites is 1. The number of nitrogens with zero attached hydrogens (tertiary/aromatic N) is 4. The number of carbonyl (C=O) groups is 1. The Kier molecular flexibility index (Phi) is 6.61. The topological polar surface area (TPSA) is 74.0 Å². The largest absolute Gasteiger partial charge is 0.488 e. The number of hydrogen-bond donors (Lipinski definition) is 1. The van der Waals surface area contributed by atoms with E-state index in [1.54, 1.807) is 0 Å². The molecule has 7 nitrogen and oxygen atoms in total. The number of benzene rings is 1. The number of ether oxygens (including phenoxy) is 1. The Morgan fingerprint density at radius 1 is 1.03 bits per heavy atom. The van der Waals surface area contributed by atoms with Crippen molar-refractivity contribution in [3.8, 4) is 5.75 Å². The molecule has 3 heterocycles. The van der Waals surface area contributed by atoms with Crippen LogP contribution in [0.5, 0.6) is 5.75 Å². The molecule has 0 saturated heterocycles. The smallest absolute Gasteiger partial charge is 0.265 e. The van der Waals surface area contributed by atoms with Crippen molar-refractivity contribution in [2.45, 2.75) is 54.7 Å². The van der Waals surface area contributed by atoms with Crippen molar-refractivity contribution < 1.29 is 9.53 Å². The molecule has 4 aromatic rings. The van der Waals surface area contributed by atoms with Crippen molar-refractivity contribution in [2.75, 3.05) is 5.32 Å². The van der Waals surface area contributed by atoms with Crippen LogP contribution in [-0.4, -0.2) is 25.5 Å². The molecule has 1 amide bonds. The van der Waals surface area contributed by atoms with Crippen molar-refractivity contribution in [1.82, 2.24) is 19.6 Å². The number of rotatable bonds is 7. The minimum atomic E-state index is -0.136. The third-order valence-electron chi connectivity index (χ3n) is 6.26. The van der Waals surface area contributed by atoms with Crippen molar-refractivity contribution in [3.63, 3.8) is 0 Å². The predicted molar refractivity (Wildman–Crippen MR) is 136 cm³/mol. The van der Waals surface area contributed by atoms with Gasteiger partial charge in [0.1, 0.15) is 12.4 Å². The Morgan fingerprint density at radius 3 is 2.38 bits per heavy atom. The van der Waals surface area contributed by atoms with Crippen molar-refractivity contribution in [2.24, 2.45) is 7.05 Å². The highest BCUT2D eigenvalue weighted by Crippen LogP contribution is 2.26. The van der Waals surface area contributed by atoms with Crippen LogP contribution in [0.1, 0.15) is 54.7 Å². The van der Waals surface area contributed by atoms with Crippen molar-refractivity contribution in [3.05, 3.63) is 79.6 Å². The molecule has 8 heteroatoms. The molecule has 0 unspecified atom stereocenters. The Balaban J connectivity index is 1.46. The van der Waals surface area contributed by atoms with Crippen LogP contribution in [0.15, 0.2) is 29.6 Å². The molecule has 4 rings (SSSR count). The van der Waals surface area contributed by atoms with Gasteiger partial charge in [0.2, 0.25) is 0 Å². The molecule has 0 fully saturated rings. The molecule has 3 aromatic heterocycles. The van der Waals surface area contributed by atoms with Gasteiger partial charge in [0.25, 0.3) is 5.91 Å². The Labute approximate surface area is 204 Å². The molecule has 1 N–H and O–H groups in total. The third-order valence-corrected chi connectivity index (χ3v) is 7.23. The minimum Gasteiger partial charge on any atom is -0.488 e. The van der Waals surface area contributed by atoms with Crippen LogP contribution < -0.4 is 10.1 Å². The maximum absolute atomic E-state index is 13.0. The van der Waals surface area contributed by atoms with Gasteiger partial charge >= 0.3 is 0 Å². The molecule has 0 atom stereocenters. The number of aryl methyl sites for hydroxylation is 5. The molecule has 0 bridgehead atoms. The lowest BCUT2D eigenvalue weighted by Gasteiger charge is -2.11. The fourth-order valence-corrected chi connectivity index (χ4v) is 4.95. The molecule has 0 aliphatic rings. The molecule has 0 radical (unpaired) electrons. The van der Waals surface area contributed by atoms with E-state index in [2.05, 4.69) is 22.4 Å². The second-order valence-electron chi connectivity index (χ2n) is 8.76. The molecule has 1 aromatic carbocycles. The van der Waals surface area contributed by atoms with Gasteiger partial charge in [-0.25, -0.2) is 0 Å². The van der Waals surface area contributed by atoms with E-state index in [1.807, 2.05) is 80.7 Å². The summed E-state index contributed by atoms with van der Waals surface area (Å²) in [6.45, 7) is 13.1. The summed E-state index contributed by atoms with van der Waals surface area (Å²) in [5.74, 6) is 0.764. The van der Waals surface area contributed by atoms with Crippen LogP contribution in [-0.2, 0) is 20.2 Å². The summed E-state index contributed by atoms with van der Waals surface area (Å²) in [5.41, 5.74) is 8.91. The highest BCUT2D eigenvalue weighted by atomic mass is 32.1. The number of aromatic nitrogens is 4. The zero-order valence-electron chi connectivity index (χ0n) is 20.8. The number of nitrogens with one attached hydrogen (secondary N) is 1. The van der Waals surface area contributed by atoms with Crippen LogP contribution in [0.2, 0.25) is 0 Å². The van der Waals surface area contributed by atoms with Crippen LogP contribution in [0.4, 0.5) is 5.69 Å². The van der Waals surface area contributed by atoms with Crippen molar-refractivity contribution >= 4 is 22.9 Å². The Bertz CT molecular complexity index is 1340. The first kappa shape index (κ1) is 23.8. The lowest BCUT2D eigenvalue weighted by molar-refractivity contribution is 0.103. The highest BCUT2D eigenvalue weighted by molar-refractivity contribution is 7.12. The third kappa shape index (κ3) is 4.63. The maximum atomic E-state index is 13.0. The predicted octanol–water partition coefficient (Wildman–Crippen LogP) is 5.41. The Morgan fingerprint density at radius 2 is 1.74 bits per heavy atom. The minimum absolute atomic E-state index is 0.136. The van der Waals surface area contributed by atoms with Gasteiger partial charge in [0, 0.05) is 23.9 Å². The van der Waals surface area contributed by atoms with Crippen LogP contribution in [0.3, 0.4) is 0 Å². The first-order valence-corrected chi connectivity index (χ1v) is 12.1. The van der Waals surface area contributed by atoms with Gasteiger partial charge in [-0.2, -0.15) is 10.2 Å². The summed E-state index contributed by atoms with van der Waals surface area (Å²) in [7, 11) is 1.95. The van der Waals surface area contributed by atoms with Crippen molar-refractivity contribution in [1.29, 1.82) is 0 Å². The number of anilines is 1. The molecule has 0 aliphatic heterocycles. The van der Waals surface area contributed by atoms with E-state index in [1.165, 1.54) is 11.3 Å². The van der Waals surface area contributed by atoms with E-state index in [0.717, 1.165) is 56.5 Å². The average molecular weight is 478 g/mol. The molecule has 34 heavy (non-hydrogen) atoms. The van der Waals surface area contributed by atoms with E-state index in [4.69, 9.17) is 4.74 Å². The highest BCUT2D eigenvalue weighted by Gasteiger charge is 2.19. The zero-order chi connectivity index (χ0) is 24.6. The second kappa shape index (κ2) is 9.46. The molecular formula is C26H31N5O2S. The number of hydrogen-bond acceptors (Lipinski definition) is 5. The first-order valence-electron chi connectivity index (χ1n) is 11.3. The molecular weight excluding hydrogens is 446 g/mol. The van der Waals surface area contributed by atoms with E-state index in [-0.39, 0.29) is 5.91 Å². The summed E-state index contributed by atoms with van der Waals surface area (Å²) in [4.78, 5) is 13.6. The normalized spacial score (nSPS) is 11.1. The SMILES string of the molecule is Cc1cccc(C)c1OCc1csc(C(=O)Nc2c(C)nn(Cc3c(C)nn(C)c3C)c2C)c1. The monoisotopic (exact) mass is 477 g/mol. The molecule has 178 valence electrons. The van der Waals surface area contributed by atoms with Crippen LogP contribution in [0.25, 0.3) is 0 Å². The van der Waals surface area contributed by atoms with Gasteiger partial charge in [-0.15, -0.1) is 11.3 Å². The fraction of sp³-hybridized carbons (Fsp3) is 0.346. The number of amides is 1. The molecule has 0 spiro atoms. The number of carbonyl (C=O) groups excluding carboxylic acids is 1. The van der Waals surface area contributed by atoms with E-state index < -0.39 is 0 Å². The Hall–Kier alpha value is -3.39. The summed E-state index contributed by atoms with van der Waals surface area (Å²) in [5, 5.41) is 14.2. The quantitative estimate of drug-likeness (QED) is 0.386. The summed E-state index contributed by atoms with van der Waals surface area (Å²) < 4.78 is 9.86. The van der Waals surface area contributed by atoms with Gasteiger partial charge < -0.3 is 10.1 Å². The standard InChI is InChI=1S/C26H31N5O2S/c1-15-9-8-10-16(2)25(15)33-13-21-11-23(34-14-21)26(32)27-24-18(4)29-31(20(24)6)12-22-17(3)28-30(7)19(22)5/h8-11,14H,12-13H2,1-7H3,(H,27,32). The molecule has 0 saturated carbocycles. The lowest BCUT2D eigenvalue weighted by atomic mass is 10.1. The van der Waals surface area contributed by atoms with E-state index in [0.29, 0.717) is 18.0 Å². The summed E-state index contributed by atoms with van der Waals surface area (Å²) in [6, 6.07) is 7.99.